The standard InChI is InChI=1S/C7H7N5S/c8-7(13)10-5-2-1-3-6(4-5)11-12-9/h1-4H,(H3,8,10,13). The van der Waals surface area contributed by atoms with Gasteiger partial charge in [-0.15, -0.1) is 0 Å². The van der Waals surface area contributed by atoms with Gasteiger partial charge in [-0.25, -0.2) is 0 Å². The summed E-state index contributed by atoms with van der Waals surface area (Å²) in [6.07, 6.45) is 0. The highest BCUT2D eigenvalue weighted by molar-refractivity contribution is 7.80. The maximum absolute atomic E-state index is 8.18. The van der Waals surface area contributed by atoms with Gasteiger partial charge in [0.25, 0.3) is 0 Å². The molecule has 0 saturated heterocycles. The molecule has 1 aromatic rings. The molecular weight excluding hydrogens is 186 g/mol. The predicted octanol–water partition coefficient (Wildman–Crippen LogP) is 2.28. The number of hydrogen-bond donors (Lipinski definition) is 2. The molecule has 3 N–H and O–H groups in total. The molecule has 0 aliphatic carbocycles. The second-order valence-corrected chi connectivity index (χ2v) is 2.67. The second-order valence-electron chi connectivity index (χ2n) is 2.23. The van der Waals surface area contributed by atoms with Crippen molar-refractivity contribution in [3.63, 3.8) is 0 Å². The summed E-state index contributed by atoms with van der Waals surface area (Å²) in [4.78, 5) is 2.66. The van der Waals surface area contributed by atoms with Gasteiger partial charge in [0, 0.05) is 16.3 Å². The molecule has 0 atom stereocenters. The number of rotatable bonds is 2. The Morgan fingerprint density at radius 1 is 1.62 bits per heavy atom. The molecule has 13 heavy (non-hydrogen) atoms. The van der Waals surface area contributed by atoms with E-state index < -0.39 is 0 Å². The van der Waals surface area contributed by atoms with E-state index in [0.29, 0.717) is 11.4 Å². The van der Waals surface area contributed by atoms with Gasteiger partial charge in [-0.2, -0.15) is 0 Å². The average Bonchev–Trinajstić information content (AvgIpc) is 2.04. The largest absolute Gasteiger partial charge is 0.376 e. The summed E-state index contributed by atoms with van der Waals surface area (Å²) in [5.41, 5.74) is 14.7. The fraction of sp³-hybridized carbons (Fsp3) is 0. The topological polar surface area (TPSA) is 86.8 Å². The zero-order valence-electron chi connectivity index (χ0n) is 6.64. The van der Waals surface area contributed by atoms with E-state index in [1.807, 2.05) is 0 Å². The summed E-state index contributed by atoms with van der Waals surface area (Å²) in [6, 6.07) is 6.85. The average molecular weight is 193 g/mol. The Hall–Kier alpha value is -1.78. The van der Waals surface area contributed by atoms with Crippen LogP contribution < -0.4 is 11.1 Å². The van der Waals surface area contributed by atoms with Crippen molar-refractivity contribution in [1.82, 2.24) is 0 Å². The van der Waals surface area contributed by atoms with Crippen LogP contribution in [0.4, 0.5) is 11.4 Å². The van der Waals surface area contributed by atoms with Crippen LogP contribution in [0, 0.1) is 0 Å². The number of nitrogens with two attached hydrogens (primary N) is 1. The van der Waals surface area contributed by atoms with Gasteiger partial charge in [-0.3, -0.25) is 0 Å². The molecule has 0 radical (unpaired) electrons. The number of thiocarbonyl (C=S) groups is 1. The van der Waals surface area contributed by atoms with Gasteiger partial charge in [0.05, 0.1) is 0 Å². The molecular formula is C7H7N5S. The summed E-state index contributed by atoms with van der Waals surface area (Å²) in [5, 5.41) is 6.34. The number of azide groups is 1. The van der Waals surface area contributed by atoms with Crippen LogP contribution in [0.15, 0.2) is 29.4 Å². The number of benzene rings is 1. The van der Waals surface area contributed by atoms with E-state index in [1.54, 1.807) is 24.3 Å². The number of nitrogens with zero attached hydrogens (tertiary/aromatic N) is 3. The summed E-state index contributed by atoms with van der Waals surface area (Å²) < 4.78 is 0. The van der Waals surface area contributed by atoms with Crippen LogP contribution in [-0.2, 0) is 0 Å². The lowest BCUT2D eigenvalue weighted by atomic mass is 10.3. The first kappa shape index (κ1) is 9.31. The van der Waals surface area contributed by atoms with Crippen molar-refractivity contribution in [1.29, 1.82) is 0 Å². The third kappa shape index (κ3) is 2.98. The third-order valence-corrected chi connectivity index (χ3v) is 1.38. The van der Waals surface area contributed by atoms with Crippen molar-refractivity contribution < 1.29 is 0 Å². The van der Waals surface area contributed by atoms with E-state index in [0.717, 1.165) is 0 Å². The molecule has 0 spiro atoms. The second kappa shape index (κ2) is 4.30. The first-order chi connectivity index (χ1) is 6.22. The Morgan fingerprint density at radius 3 is 3.00 bits per heavy atom. The lowest BCUT2D eigenvalue weighted by Gasteiger charge is -2.02. The van der Waals surface area contributed by atoms with Gasteiger partial charge in [0.1, 0.15) is 0 Å². The highest BCUT2D eigenvalue weighted by atomic mass is 32.1. The van der Waals surface area contributed by atoms with E-state index >= 15 is 0 Å². The summed E-state index contributed by atoms with van der Waals surface area (Å²) >= 11 is 4.65. The summed E-state index contributed by atoms with van der Waals surface area (Å²) in [6.45, 7) is 0. The van der Waals surface area contributed by atoms with Gasteiger partial charge < -0.3 is 11.1 Å². The van der Waals surface area contributed by atoms with Crippen molar-refractivity contribution in [3.05, 3.63) is 34.7 Å². The Labute approximate surface area is 80.2 Å². The molecule has 0 aliphatic heterocycles. The first-order valence-corrected chi connectivity index (χ1v) is 3.85. The van der Waals surface area contributed by atoms with Crippen LogP contribution in [0.5, 0.6) is 0 Å². The first-order valence-electron chi connectivity index (χ1n) is 3.44. The van der Waals surface area contributed by atoms with Crippen LogP contribution >= 0.6 is 12.2 Å². The zero-order valence-corrected chi connectivity index (χ0v) is 7.45. The molecule has 0 bridgehead atoms. The fourth-order valence-electron chi connectivity index (χ4n) is 0.840. The van der Waals surface area contributed by atoms with Crippen molar-refractivity contribution in [2.75, 3.05) is 5.32 Å². The molecule has 5 nitrogen and oxygen atoms in total. The van der Waals surface area contributed by atoms with Crippen molar-refractivity contribution in [2.45, 2.75) is 0 Å². The van der Waals surface area contributed by atoms with E-state index in [4.69, 9.17) is 11.3 Å². The van der Waals surface area contributed by atoms with E-state index in [-0.39, 0.29) is 5.11 Å². The lowest BCUT2D eigenvalue weighted by molar-refractivity contribution is 1.47. The molecule has 0 amide bonds. The van der Waals surface area contributed by atoms with Crippen molar-refractivity contribution in [2.24, 2.45) is 10.8 Å². The number of anilines is 1. The highest BCUT2D eigenvalue weighted by Crippen LogP contribution is 2.17. The molecule has 0 heterocycles. The minimum atomic E-state index is 0.179. The van der Waals surface area contributed by atoms with Gasteiger partial charge in [-0.05, 0) is 29.9 Å². The molecule has 0 aliphatic rings. The maximum atomic E-state index is 8.18. The lowest BCUT2D eigenvalue weighted by Crippen LogP contribution is -2.18. The van der Waals surface area contributed by atoms with Crippen molar-refractivity contribution >= 4 is 28.7 Å². The van der Waals surface area contributed by atoms with Gasteiger partial charge >= 0.3 is 0 Å². The third-order valence-electron chi connectivity index (χ3n) is 1.27. The maximum Gasteiger partial charge on any atom is 0.168 e. The van der Waals surface area contributed by atoms with Crippen molar-refractivity contribution in [3.8, 4) is 0 Å². The van der Waals surface area contributed by atoms with E-state index in [9.17, 15) is 0 Å². The molecule has 66 valence electrons. The minimum Gasteiger partial charge on any atom is -0.376 e. The van der Waals surface area contributed by atoms with Crippen LogP contribution in [-0.4, -0.2) is 5.11 Å². The van der Waals surface area contributed by atoms with Crippen LogP contribution in [0.25, 0.3) is 10.4 Å². The monoisotopic (exact) mass is 193 g/mol. The Morgan fingerprint density at radius 2 is 2.38 bits per heavy atom. The molecule has 1 rings (SSSR count). The quantitative estimate of drug-likeness (QED) is 0.327. The molecule has 6 heteroatoms. The number of nitrogens with one attached hydrogen (secondary N) is 1. The fourth-order valence-corrected chi connectivity index (χ4v) is 0.958. The highest BCUT2D eigenvalue weighted by Gasteiger charge is 1.93. The molecule has 0 saturated carbocycles. The van der Waals surface area contributed by atoms with Crippen LogP contribution in [0.3, 0.4) is 0 Å². The van der Waals surface area contributed by atoms with Crippen LogP contribution in [0.1, 0.15) is 0 Å². The summed E-state index contributed by atoms with van der Waals surface area (Å²) in [5.74, 6) is 0. The van der Waals surface area contributed by atoms with Gasteiger partial charge in [0.15, 0.2) is 5.11 Å². The molecule has 0 fully saturated rings. The van der Waals surface area contributed by atoms with Crippen LogP contribution in [0.2, 0.25) is 0 Å². The minimum absolute atomic E-state index is 0.179. The molecule has 0 aromatic heterocycles. The van der Waals surface area contributed by atoms with Gasteiger partial charge in [-0.1, -0.05) is 17.2 Å². The van der Waals surface area contributed by atoms with Gasteiger partial charge in [0.2, 0.25) is 0 Å². The molecule has 0 unspecified atom stereocenters. The predicted molar refractivity (Wildman–Crippen MR) is 55.7 cm³/mol. The number of hydrogen-bond acceptors (Lipinski definition) is 2. The Bertz CT molecular complexity index is 369. The SMILES string of the molecule is [N-]=[N+]=Nc1cccc(NC(N)=S)c1. The Kier molecular flexibility index (Phi) is 3.08. The molecule has 1 aromatic carbocycles. The zero-order chi connectivity index (χ0) is 9.68. The normalized spacial score (nSPS) is 8.62. The van der Waals surface area contributed by atoms with E-state index in [1.165, 1.54) is 0 Å². The Balaban J connectivity index is 2.91. The smallest absolute Gasteiger partial charge is 0.168 e. The van der Waals surface area contributed by atoms with E-state index in [2.05, 4.69) is 27.6 Å². The summed E-state index contributed by atoms with van der Waals surface area (Å²) in [7, 11) is 0.